The van der Waals surface area contributed by atoms with Gasteiger partial charge in [0.2, 0.25) is 11.8 Å². The normalized spacial score (nSPS) is 17.5. The molecular formula is C17H17N3O2. The summed E-state index contributed by atoms with van der Waals surface area (Å²) >= 11 is 0. The van der Waals surface area contributed by atoms with E-state index >= 15 is 0 Å². The van der Waals surface area contributed by atoms with Crippen LogP contribution in [0.1, 0.15) is 12.0 Å². The third-order valence-corrected chi connectivity index (χ3v) is 3.75. The Balaban J connectivity index is 1.59. The minimum absolute atomic E-state index is 0.00673. The number of para-hydroxylation sites is 1. The highest BCUT2D eigenvalue weighted by molar-refractivity contribution is 6.00. The van der Waals surface area contributed by atoms with Crippen molar-refractivity contribution in [1.29, 1.82) is 0 Å². The number of aromatic nitrogens is 1. The molecule has 1 atom stereocenters. The van der Waals surface area contributed by atoms with Crippen molar-refractivity contribution < 1.29 is 9.59 Å². The summed E-state index contributed by atoms with van der Waals surface area (Å²) in [6.07, 6.45) is 3.67. The predicted molar refractivity (Wildman–Crippen MR) is 83.0 cm³/mol. The lowest BCUT2D eigenvalue weighted by molar-refractivity contribution is -0.126. The average molecular weight is 295 g/mol. The molecule has 2 heterocycles. The lowest BCUT2D eigenvalue weighted by atomic mass is 10.1. The first-order valence-corrected chi connectivity index (χ1v) is 7.26. The third kappa shape index (κ3) is 3.14. The molecule has 2 aromatic rings. The predicted octanol–water partition coefficient (Wildman–Crippen LogP) is 1.75. The molecule has 0 radical (unpaired) electrons. The summed E-state index contributed by atoms with van der Waals surface area (Å²) in [5.74, 6) is -0.396. The molecule has 0 spiro atoms. The van der Waals surface area contributed by atoms with E-state index < -0.39 is 0 Å². The highest BCUT2D eigenvalue weighted by Crippen LogP contribution is 2.24. The van der Waals surface area contributed by atoms with Crippen molar-refractivity contribution in [1.82, 2.24) is 10.3 Å². The van der Waals surface area contributed by atoms with Gasteiger partial charge in [0, 0.05) is 37.6 Å². The van der Waals surface area contributed by atoms with Gasteiger partial charge in [0.25, 0.3) is 0 Å². The Morgan fingerprint density at radius 3 is 2.77 bits per heavy atom. The molecule has 1 fully saturated rings. The van der Waals surface area contributed by atoms with Crippen molar-refractivity contribution in [2.75, 3.05) is 11.4 Å². The van der Waals surface area contributed by atoms with Crippen LogP contribution in [0.3, 0.4) is 0 Å². The van der Waals surface area contributed by atoms with Gasteiger partial charge in [-0.2, -0.15) is 0 Å². The van der Waals surface area contributed by atoms with Crippen molar-refractivity contribution in [2.45, 2.75) is 13.0 Å². The van der Waals surface area contributed by atoms with E-state index in [1.165, 1.54) is 0 Å². The van der Waals surface area contributed by atoms with Gasteiger partial charge in [0.1, 0.15) is 0 Å². The maximum Gasteiger partial charge on any atom is 0.227 e. The van der Waals surface area contributed by atoms with Gasteiger partial charge in [-0.05, 0) is 23.8 Å². The maximum absolute atomic E-state index is 12.2. The van der Waals surface area contributed by atoms with E-state index in [1.54, 1.807) is 17.3 Å². The molecule has 3 rings (SSSR count). The Bertz CT molecular complexity index is 658. The van der Waals surface area contributed by atoms with Gasteiger partial charge < -0.3 is 10.2 Å². The number of anilines is 1. The van der Waals surface area contributed by atoms with Gasteiger partial charge in [0.05, 0.1) is 5.92 Å². The molecule has 0 aliphatic carbocycles. The monoisotopic (exact) mass is 295 g/mol. The minimum Gasteiger partial charge on any atom is -0.352 e. The third-order valence-electron chi connectivity index (χ3n) is 3.75. The SMILES string of the molecule is O=C(NCc1cccnc1)[C@H]1CC(=O)N(c2ccccc2)C1. The standard InChI is InChI=1S/C17H17N3O2/c21-16-9-14(12-20(16)15-6-2-1-3-7-15)17(22)19-11-13-5-4-8-18-10-13/h1-8,10,14H,9,11-12H2,(H,19,22)/t14-/m0/s1. The number of carbonyl (C=O) groups is 2. The van der Waals surface area contributed by atoms with Crippen LogP contribution in [-0.2, 0) is 16.1 Å². The van der Waals surface area contributed by atoms with E-state index in [2.05, 4.69) is 10.3 Å². The van der Waals surface area contributed by atoms with Crippen molar-refractivity contribution >= 4 is 17.5 Å². The fraction of sp³-hybridized carbons (Fsp3) is 0.235. The first kappa shape index (κ1) is 14.3. The number of nitrogens with zero attached hydrogens (tertiary/aromatic N) is 2. The molecule has 1 aromatic heterocycles. The zero-order valence-corrected chi connectivity index (χ0v) is 12.1. The molecular weight excluding hydrogens is 278 g/mol. The van der Waals surface area contributed by atoms with Crippen molar-refractivity contribution in [3.63, 3.8) is 0 Å². The van der Waals surface area contributed by atoms with E-state index in [0.717, 1.165) is 11.3 Å². The summed E-state index contributed by atoms with van der Waals surface area (Å²) in [4.78, 5) is 30.0. The lowest BCUT2D eigenvalue weighted by Gasteiger charge is -2.16. The number of rotatable bonds is 4. The minimum atomic E-state index is -0.302. The Hall–Kier alpha value is -2.69. The zero-order valence-electron chi connectivity index (χ0n) is 12.1. The Labute approximate surface area is 129 Å². The van der Waals surface area contributed by atoms with Crippen LogP contribution in [0.2, 0.25) is 0 Å². The van der Waals surface area contributed by atoms with Crippen LogP contribution in [0, 0.1) is 5.92 Å². The first-order valence-electron chi connectivity index (χ1n) is 7.26. The fourth-order valence-corrected chi connectivity index (χ4v) is 2.58. The summed E-state index contributed by atoms with van der Waals surface area (Å²) in [7, 11) is 0. The number of carbonyl (C=O) groups excluding carboxylic acids is 2. The maximum atomic E-state index is 12.2. The van der Waals surface area contributed by atoms with Crippen LogP contribution in [0.25, 0.3) is 0 Å². The highest BCUT2D eigenvalue weighted by Gasteiger charge is 2.34. The summed E-state index contributed by atoms with van der Waals surface area (Å²) in [6, 6.07) is 13.2. The molecule has 5 nitrogen and oxygen atoms in total. The number of pyridine rings is 1. The van der Waals surface area contributed by atoms with Crippen LogP contribution in [-0.4, -0.2) is 23.3 Å². The van der Waals surface area contributed by atoms with Crippen LogP contribution >= 0.6 is 0 Å². The van der Waals surface area contributed by atoms with Crippen LogP contribution in [0.5, 0.6) is 0 Å². The topological polar surface area (TPSA) is 62.3 Å². The molecule has 0 saturated carbocycles. The van der Waals surface area contributed by atoms with E-state index in [9.17, 15) is 9.59 Å². The molecule has 1 N–H and O–H groups in total. The number of hydrogen-bond acceptors (Lipinski definition) is 3. The van der Waals surface area contributed by atoms with E-state index in [-0.39, 0.29) is 24.2 Å². The first-order chi connectivity index (χ1) is 10.7. The summed E-state index contributed by atoms with van der Waals surface area (Å²) < 4.78 is 0. The summed E-state index contributed by atoms with van der Waals surface area (Å²) in [6.45, 7) is 0.865. The van der Waals surface area contributed by atoms with E-state index in [0.29, 0.717) is 13.1 Å². The van der Waals surface area contributed by atoms with E-state index in [4.69, 9.17) is 0 Å². The lowest BCUT2D eigenvalue weighted by Crippen LogP contribution is -2.32. The van der Waals surface area contributed by atoms with Gasteiger partial charge in [0.15, 0.2) is 0 Å². The molecule has 1 saturated heterocycles. The van der Waals surface area contributed by atoms with Gasteiger partial charge in [-0.25, -0.2) is 0 Å². The molecule has 0 unspecified atom stereocenters. The largest absolute Gasteiger partial charge is 0.352 e. The Morgan fingerprint density at radius 2 is 2.05 bits per heavy atom. The number of nitrogens with one attached hydrogen (secondary N) is 1. The summed E-state index contributed by atoms with van der Waals surface area (Å²) in [5, 5.41) is 2.88. The second kappa shape index (κ2) is 6.39. The van der Waals surface area contributed by atoms with Crippen LogP contribution in [0.4, 0.5) is 5.69 Å². The Kier molecular flexibility index (Phi) is 4.14. The van der Waals surface area contributed by atoms with Gasteiger partial charge in [-0.1, -0.05) is 24.3 Å². The smallest absolute Gasteiger partial charge is 0.227 e. The molecule has 5 heteroatoms. The molecule has 0 bridgehead atoms. The van der Waals surface area contributed by atoms with Crippen molar-refractivity contribution in [3.05, 3.63) is 60.4 Å². The number of hydrogen-bond donors (Lipinski definition) is 1. The highest BCUT2D eigenvalue weighted by atomic mass is 16.2. The molecule has 2 amide bonds. The fourth-order valence-electron chi connectivity index (χ4n) is 2.58. The average Bonchev–Trinajstić information content (AvgIpc) is 2.96. The van der Waals surface area contributed by atoms with Gasteiger partial charge >= 0.3 is 0 Å². The van der Waals surface area contributed by atoms with Gasteiger partial charge in [-0.15, -0.1) is 0 Å². The second-order valence-electron chi connectivity index (χ2n) is 5.32. The molecule has 1 aromatic carbocycles. The van der Waals surface area contributed by atoms with Crippen molar-refractivity contribution in [3.8, 4) is 0 Å². The van der Waals surface area contributed by atoms with Gasteiger partial charge in [-0.3, -0.25) is 14.6 Å². The quantitative estimate of drug-likeness (QED) is 0.934. The molecule has 1 aliphatic rings. The van der Waals surface area contributed by atoms with Crippen LogP contribution < -0.4 is 10.2 Å². The molecule has 1 aliphatic heterocycles. The summed E-state index contributed by atoms with van der Waals surface area (Å²) in [5.41, 5.74) is 1.79. The number of amides is 2. The van der Waals surface area contributed by atoms with E-state index in [1.807, 2.05) is 42.5 Å². The van der Waals surface area contributed by atoms with Crippen LogP contribution in [0.15, 0.2) is 54.9 Å². The molecule has 22 heavy (non-hydrogen) atoms. The second-order valence-corrected chi connectivity index (χ2v) is 5.32. The zero-order chi connectivity index (χ0) is 15.4. The molecule has 112 valence electrons. The Morgan fingerprint density at radius 1 is 1.23 bits per heavy atom. The number of benzene rings is 1. The van der Waals surface area contributed by atoms with Crippen molar-refractivity contribution in [2.24, 2.45) is 5.92 Å².